The van der Waals surface area contributed by atoms with E-state index in [2.05, 4.69) is 27.1 Å². The predicted molar refractivity (Wildman–Crippen MR) is 120 cm³/mol. The minimum Gasteiger partial charge on any atom is -0.354 e. The van der Waals surface area contributed by atoms with Crippen LogP contribution in [0.3, 0.4) is 0 Å². The lowest BCUT2D eigenvalue weighted by molar-refractivity contribution is -0.121. The number of rotatable bonds is 6. The molecule has 1 amide bonds. The number of nitrogens with zero attached hydrogens (tertiary/aromatic N) is 4. The van der Waals surface area contributed by atoms with Gasteiger partial charge < -0.3 is 10.2 Å². The van der Waals surface area contributed by atoms with Gasteiger partial charge in [0.05, 0.1) is 0 Å². The van der Waals surface area contributed by atoms with E-state index in [9.17, 15) is 9.59 Å². The molecule has 3 aromatic rings. The molecule has 1 saturated heterocycles. The molecule has 30 heavy (non-hydrogen) atoms. The fourth-order valence-corrected chi connectivity index (χ4v) is 4.78. The Kier molecular flexibility index (Phi) is 6.34. The fourth-order valence-electron chi connectivity index (χ4n) is 3.65. The van der Waals surface area contributed by atoms with Crippen molar-refractivity contribution < 1.29 is 4.79 Å². The number of nitrogens with one attached hydrogen (secondary N) is 1. The van der Waals surface area contributed by atoms with Crippen molar-refractivity contribution in [2.75, 3.05) is 24.5 Å². The number of hydrogen-bond donors (Lipinski definition) is 1. The Bertz CT molecular complexity index is 1090. The molecule has 1 N–H and O–H groups in total. The summed E-state index contributed by atoms with van der Waals surface area (Å²) in [7, 11) is 0. The maximum atomic E-state index is 12.8. The number of thiazole rings is 1. The number of benzene rings is 1. The van der Waals surface area contributed by atoms with Crippen molar-refractivity contribution >= 4 is 44.3 Å². The molecule has 9 heteroatoms. The predicted octanol–water partition coefficient (Wildman–Crippen LogP) is 3.10. The highest BCUT2D eigenvalue weighted by atomic mass is 35.5. The summed E-state index contributed by atoms with van der Waals surface area (Å²) in [6.07, 6.45) is 4.46. The van der Waals surface area contributed by atoms with Crippen LogP contribution in [0.2, 0.25) is 5.02 Å². The van der Waals surface area contributed by atoms with Crippen LogP contribution in [-0.2, 0) is 17.8 Å². The minimum atomic E-state index is -0.221. The molecule has 1 unspecified atom stereocenters. The number of piperidine rings is 1. The zero-order chi connectivity index (χ0) is 21.1. The van der Waals surface area contributed by atoms with Crippen molar-refractivity contribution in [2.24, 2.45) is 5.92 Å². The normalized spacial score (nSPS) is 16.7. The highest BCUT2D eigenvalue weighted by Gasteiger charge is 2.21. The van der Waals surface area contributed by atoms with Gasteiger partial charge in [-0.3, -0.25) is 14.2 Å². The molecule has 0 radical (unpaired) electrons. The lowest BCUT2D eigenvalue weighted by Crippen LogP contribution is -2.34. The summed E-state index contributed by atoms with van der Waals surface area (Å²) in [6, 6.07) is 7.52. The number of carbonyl (C=O) groups is 1. The van der Waals surface area contributed by atoms with E-state index in [4.69, 9.17) is 11.6 Å². The first kappa shape index (κ1) is 20.8. The van der Waals surface area contributed by atoms with Gasteiger partial charge in [0.15, 0.2) is 10.8 Å². The lowest BCUT2D eigenvalue weighted by atomic mass is 10.0. The minimum absolute atomic E-state index is 0.0592. The van der Waals surface area contributed by atoms with Gasteiger partial charge in [0.1, 0.15) is 17.6 Å². The smallest absolute Gasteiger partial charge is 0.273 e. The molecule has 1 atom stereocenters. The van der Waals surface area contributed by atoms with Crippen LogP contribution in [0.25, 0.3) is 10.3 Å². The number of halogens is 1. The molecule has 158 valence electrons. The molecule has 1 aromatic carbocycles. The van der Waals surface area contributed by atoms with Crippen LogP contribution in [0.15, 0.2) is 35.4 Å². The molecule has 1 fully saturated rings. The Morgan fingerprint density at radius 2 is 2.13 bits per heavy atom. The SMILES string of the molecule is CC1CCCN(c2nc3ncn(CC(=O)NCCc4ccc(Cl)cc4)c(=O)c3s2)C1. The molecule has 1 aliphatic heterocycles. The molecule has 4 rings (SSSR count). The zero-order valence-corrected chi connectivity index (χ0v) is 18.4. The van der Waals surface area contributed by atoms with Gasteiger partial charge in [-0.25, -0.2) is 4.98 Å². The van der Waals surface area contributed by atoms with E-state index in [1.54, 1.807) is 0 Å². The van der Waals surface area contributed by atoms with Crippen molar-refractivity contribution in [1.29, 1.82) is 0 Å². The molecule has 0 spiro atoms. The van der Waals surface area contributed by atoms with Crippen molar-refractivity contribution in [3.05, 3.63) is 51.5 Å². The second-order valence-electron chi connectivity index (χ2n) is 7.75. The van der Waals surface area contributed by atoms with Crippen LogP contribution >= 0.6 is 22.9 Å². The average Bonchev–Trinajstić information content (AvgIpc) is 3.17. The highest BCUT2D eigenvalue weighted by Crippen LogP contribution is 2.29. The Hall–Kier alpha value is -2.45. The first-order valence-corrected chi connectivity index (χ1v) is 11.3. The fraction of sp³-hybridized carbons (Fsp3) is 0.429. The summed E-state index contributed by atoms with van der Waals surface area (Å²) in [4.78, 5) is 36.2. The van der Waals surface area contributed by atoms with E-state index < -0.39 is 0 Å². The van der Waals surface area contributed by atoms with E-state index in [1.807, 2.05) is 24.3 Å². The maximum absolute atomic E-state index is 12.8. The van der Waals surface area contributed by atoms with Crippen LogP contribution in [0.5, 0.6) is 0 Å². The van der Waals surface area contributed by atoms with E-state index >= 15 is 0 Å². The van der Waals surface area contributed by atoms with Crippen LogP contribution in [0.1, 0.15) is 25.3 Å². The van der Waals surface area contributed by atoms with Crippen molar-refractivity contribution in [1.82, 2.24) is 19.9 Å². The molecule has 0 bridgehead atoms. The molecule has 3 heterocycles. The first-order chi connectivity index (χ1) is 14.5. The van der Waals surface area contributed by atoms with E-state index in [-0.39, 0.29) is 18.0 Å². The summed E-state index contributed by atoms with van der Waals surface area (Å²) < 4.78 is 1.85. The van der Waals surface area contributed by atoms with Gasteiger partial charge >= 0.3 is 0 Å². The molecule has 0 saturated carbocycles. The summed E-state index contributed by atoms with van der Waals surface area (Å²) >= 11 is 7.25. The molecular weight excluding hydrogens is 422 g/mol. The Morgan fingerprint density at radius 1 is 1.33 bits per heavy atom. The monoisotopic (exact) mass is 445 g/mol. The third-order valence-electron chi connectivity index (χ3n) is 5.26. The van der Waals surface area contributed by atoms with Crippen LogP contribution in [-0.4, -0.2) is 40.1 Å². The lowest BCUT2D eigenvalue weighted by Gasteiger charge is -2.30. The van der Waals surface area contributed by atoms with Gasteiger partial charge in [-0.2, -0.15) is 4.98 Å². The van der Waals surface area contributed by atoms with Gasteiger partial charge in [-0.15, -0.1) is 0 Å². The topological polar surface area (TPSA) is 80.1 Å². The molecule has 1 aliphatic rings. The second-order valence-corrected chi connectivity index (χ2v) is 9.16. The number of anilines is 1. The molecule has 2 aromatic heterocycles. The maximum Gasteiger partial charge on any atom is 0.273 e. The van der Waals surface area contributed by atoms with Gasteiger partial charge in [0, 0.05) is 24.7 Å². The number of amides is 1. The largest absolute Gasteiger partial charge is 0.354 e. The summed E-state index contributed by atoms with van der Waals surface area (Å²) in [5, 5.41) is 4.38. The number of carbonyl (C=O) groups excluding carboxylic acids is 1. The van der Waals surface area contributed by atoms with Gasteiger partial charge in [-0.1, -0.05) is 42.0 Å². The van der Waals surface area contributed by atoms with Crippen LogP contribution < -0.4 is 15.8 Å². The van der Waals surface area contributed by atoms with E-state index in [0.29, 0.717) is 34.3 Å². The molecular formula is C21H24ClN5O2S. The van der Waals surface area contributed by atoms with Crippen molar-refractivity contribution in [3.63, 3.8) is 0 Å². The van der Waals surface area contributed by atoms with Gasteiger partial charge in [0.25, 0.3) is 5.56 Å². The third kappa shape index (κ3) is 4.82. The van der Waals surface area contributed by atoms with Crippen LogP contribution in [0, 0.1) is 5.92 Å². The summed E-state index contributed by atoms with van der Waals surface area (Å²) in [6.45, 7) is 4.56. The number of fused-ring (bicyclic) bond motifs is 1. The Morgan fingerprint density at radius 3 is 2.90 bits per heavy atom. The number of aromatic nitrogens is 3. The van der Waals surface area contributed by atoms with Gasteiger partial charge in [0.2, 0.25) is 5.91 Å². The van der Waals surface area contributed by atoms with Crippen molar-refractivity contribution in [2.45, 2.75) is 32.7 Å². The standard InChI is InChI=1S/C21H24ClN5O2S/c1-14-3-2-10-26(11-14)21-25-19-18(30-21)20(29)27(13-24-19)12-17(28)23-9-8-15-4-6-16(22)7-5-15/h4-7,13-14H,2-3,8-12H2,1H3,(H,23,28). The third-order valence-corrected chi connectivity index (χ3v) is 6.61. The van der Waals surface area contributed by atoms with E-state index in [0.717, 1.165) is 30.2 Å². The first-order valence-electron chi connectivity index (χ1n) is 10.1. The average molecular weight is 446 g/mol. The highest BCUT2D eigenvalue weighted by molar-refractivity contribution is 7.22. The van der Waals surface area contributed by atoms with Crippen molar-refractivity contribution in [3.8, 4) is 0 Å². The number of hydrogen-bond acceptors (Lipinski definition) is 6. The van der Waals surface area contributed by atoms with E-state index in [1.165, 1.54) is 28.7 Å². The summed E-state index contributed by atoms with van der Waals surface area (Å²) in [5.74, 6) is 0.397. The molecule has 0 aliphatic carbocycles. The Balaban J connectivity index is 1.40. The van der Waals surface area contributed by atoms with Crippen LogP contribution in [0.4, 0.5) is 5.13 Å². The molecule has 7 nitrogen and oxygen atoms in total. The van der Waals surface area contributed by atoms with Gasteiger partial charge in [-0.05, 0) is 42.9 Å². The zero-order valence-electron chi connectivity index (χ0n) is 16.8. The quantitative estimate of drug-likeness (QED) is 0.630. The summed E-state index contributed by atoms with van der Waals surface area (Å²) in [5.41, 5.74) is 1.32. The second kappa shape index (κ2) is 9.14. The Labute approximate surface area is 183 Å².